The second-order valence-corrected chi connectivity index (χ2v) is 5.03. The maximum Gasteiger partial charge on any atom is 0.263 e. The minimum atomic E-state index is -0.357. The first-order valence-electron chi connectivity index (χ1n) is 7.28. The van der Waals surface area contributed by atoms with Crippen LogP contribution in [0.15, 0.2) is 54.6 Å². The highest BCUT2D eigenvalue weighted by atomic mass is 16.5. The van der Waals surface area contributed by atoms with Gasteiger partial charge in [-0.15, -0.1) is 0 Å². The number of aromatic nitrogens is 2. The van der Waals surface area contributed by atoms with Crippen LogP contribution < -0.4 is 21.1 Å². The molecule has 5 N–H and O–H groups in total. The van der Waals surface area contributed by atoms with E-state index in [-0.39, 0.29) is 17.3 Å². The number of H-pyrrole nitrogens is 1. The molecule has 0 aliphatic heterocycles. The van der Waals surface area contributed by atoms with Crippen molar-refractivity contribution in [2.45, 2.75) is 0 Å². The number of hydrogen-bond donors (Lipinski definition) is 4. The quantitative estimate of drug-likeness (QED) is 0.578. The highest BCUT2D eigenvalue weighted by Gasteiger charge is 2.19. The number of para-hydroxylation sites is 1. The molecule has 3 aromatic rings. The lowest BCUT2D eigenvalue weighted by Crippen LogP contribution is -2.14. The van der Waals surface area contributed by atoms with Crippen molar-refractivity contribution in [2.24, 2.45) is 0 Å². The molecular formula is C17H17N5O2. The predicted octanol–water partition coefficient (Wildman–Crippen LogP) is 3.00. The van der Waals surface area contributed by atoms with Gasteiger partial charge in [0.25, 0.3) is 5.91 Å². The van der Waals surface area contributed by atoms with Crippen LogP contribution in [-0.2, 0) is 0 Å². The molecule has 0 unspecified atom stereocenters. The average molecular weight is 323 g/mol. The summed E-state index contributed by atoms with van der Waals surface area (Å²) in [6.45, 7) is 0. The highest BCUT2D eigenvalue weighted by Crippen LogP contribution is 2.24. The first-order chi connectivity index (χ1) is 11.7. The summed E-state index contributed by atoms with van der Waals surface area (Å²) in [4.78, 5) is 12.5. The molecule has 0 saturated heterocycles. The van der Waals surface area contributed by atoms with E-state index >= 15 is 0 Å². The molecule has 7 heteroatoms. The number of carbonyl (C=O) groups excluding carboxylic acids is 1. The van der Waals surface area contributed by atoms with Gasteiger partial charge in [-0.2, -0.15) is 5.10 Å². The standard InChI is InChI=1S/C17H17N5O2/c1-24-13-9-7-12(8-10-13)20-17(23)14-15(18)21-22-16(14)19-11-5-3-2-4-6-11/h2-10H,1H3,(H,20,23)(H4,18,19,21,22). The fourth-order valence-corrected chi connectivity index (χ4v) is 2.20. The second kappa shape index (κ2) is 6.74. The number of hydrogen-bond acceptors (Lipinski definition) is 5. The van der Waals surface area contributed by atoms with Crippen LogP contribution in [0.2, 0.25) is 0 Å². The molecule has 1 aromatic heterocycles. The maximum atomic E-state index is 12.5. The van der Waals surface area contributed by atoms with Crippen LogP contribution in [0.4, 0.5) is 23.0 Å². The van der Waals surface area contributed by atoms with Gasteiger partial charge in [0.05, 0.1) is 7.11 Å². The zero-order chi connectivity index (χ0) is 16.9. The number of nitrogens with two attached hydrogens (primary N) is 1. The molecular weight excluding hydrogens is 306 g/mol. The second-order valence-electron chi connectivity index (χ2n) is 5.03. The summed E-state index contributed by atoms with van der Waals surface area (Å²) in [6, 6.07) is 16.4. The summed E-state index contributed by atoms with van der Waals surface area (Å²) in [5.41, 5.74) is 7.55. The Hall–Kier alpha value is -3.48. The Morgan fingerprint density at radius 3 is 2.46 bits per heavy atom. The minimum Gasteiger partial charge on any atom is -0.497 e. The third kappa shape index (κ3) is 3.30. The lowest BCUT2D eigenvalue weighted by Gasteiger charge is -2.08. The Morgan fingerprint density at radius 2 is 1.79 bits per heavy atom. The molecule has 7 nitrogen and oxygen atoms in total. The Balaban J connectivity index is 1.80. The van der Waals surface area contributed by atoms with Crippen molar-refractivity contribution in [3.8, 4) is 5.75 Å². The number of aromatic amines is 1. The summed E-state index contributed by atoms with van der Waals surface area (Å²) in [5, 5.41) is 12.5. The summed E-state index contributed by atoms with van der Waals surface area (Å²) < 4.78 is 5.09. The maximum absolute atomic E-state index is 12.5. The Labute approximate surface area is 138 Å². The van der Waals surface area contributed by atoms with Gasteiger partial charge in [-0.05, 0) is 36.4 Å². The van der Waals surface area contributed by atoms with Gasteiger partial charge in [0, 0.05) is 11.4 Å². The van der Waals surface area contributed by atoms with Crippen molar-refractivity contribution < 1.29 is 9.53 Å². The molecule has 1 amide bonds. The zero-order valence-electron chi connectivity index (χ0n) is 13.0. The van der Waals surface area contributed by atoms with E-state index in [1.807, 2.05) is 30.3 Å². The Morgan fingerprint density at radius 1 is 1.08 bits per heavy atom. The SMILES string of the molecule is COc1ccc(NC(=O)c2c(Nc3ccccc3)n[nH]c2N)cc1. The molecule has 24 heavy (non-hydrogen) atoms. The molecule has 0 atom stereocenters. The third-order valence-electron chi connectivity index (χ3n) is 3.41. The van der Waals surface area contributed by atoms with E-state index in [0.29, 0.717) is 17.3 Å². The predicted molar refractivity (Wildman–Crippen MR) is 93.7 cm³/mol. The van der Waals surface area contributed by atoms with E-state index in [2.05, 4.69) is 20.8 Å². The minimum absolute atomic E-state index is 0.194. The van der Waals surface area contributed by atoms with Crippen LogP contribution in [0, 0.1) is 0 Å². The summed E-state index contributed by atoms with van der Waals surface area (Å²) >= 11 is 0. The molecule has 0 saturated carbocycles. The summed E-state index contributed by atoms with van der Waals surface area (Å²) in [6.07, 6.45) is 0. The molecule has 0 radical (unpaired) electrons. The van der Waals surface area contributed by atoms with Crippen LogP contribution in [0.25, 0.3) is 0 Å². The normalized spacial score (nSPS) is 10.2. The van der Waals surface area contributed by atoms with Crippen LogP contribution in [-0.4, -0.2) is 23.2 Å². The third-order valence-corrected chi connectivity index (χ3v) is 3.41. The highest BCUT2D eigenvalue weighted by molar-refractivity contribution is 6.11. The average Bonchev–Trinajstić information content (AvgIpc) is 2.97. The van der Waals surface area contributed by atoms with Crippen LogP contribution in [0.5, 0.6) is 5.75 Å². The number of nitrogens with one attached hydrogen (secondary N) is 3. The number of carbonyl (C=O) groups is 1. The first kappa shape index (κ1) is 15.4. The van der Waals surface area contributed by atoms with Gasteiger partial charge in [0.1, 0.15) is 17.1 Å². The van der Waals surface area contributed by atoms with Crippen molar-refractivity contribution in [1.29, 1.82) is 0 Å². The number of nitrogen functional groups attached to an aromatic ring is 1. The lowest BCUT2D eigenvalue weighted by molar-refractivity contribution is 0.102. The zero-order valence-corrected chi connectivity index (χ0v) is 13.0. The van der Waals surface area contributed by atoms with Crippen molar-refractivity contribution >= 4 is 28.9 Å². The summed E-state index contributed by atoms with van der Waals surface area (Å²) in [7, 11) is 1.58. The molecule has 122 valence electrons. The number of anilines is 4. The Kier molecular flexibility index (Phi) is 4.33. The van der Waals surface area contributed by atoms with E-state index in [4.69, 9.17) is 10.5 Å². The largest absolute Gasteiger partial charge is 0.497 e. The summed E-state index contributed by atoms with van der Waals surface area (Å²) in [5.74, 6) is 0.913. The van der Waals surface area contributed by atoms with Gasteiger partial charge in [0.15, 0.2) is 5.82 Å². The van der Waals surface area contributed by atoms with Crippen molar-refractivity contribution in [3.63, 3.8) is 0 Å². The number of benzene rings is 2. The van der Waals surface area contributed by atoms with Gasteiger partial charge in [0.2, 0.25) is 0 Å². The van der Waals surface area contributed by atoms with Crippen LogP contribution in [0.1, 0.15) is 10.4 Å². The number of rotatable bonds is 5. The monoisotopic (exact) mass is 323 g/mol. The van der Waals surface area contributed by atoms with E-state index in [1.54, 1.807) is 31.4 Å². The molecule has 0 spiro atoms. The number of nitrogens with zero attached hydrogens (tertiary/aromatic N) is 1. The van der Waals surface area contributed by atoms with Crippen molar-refractivity contribution in [2.75, 3.05) is 23.5 Å². The number of amides is 1. The van der Waals surface area contributed by atoms with Gasteiger partial charge >= 0.3 is 0 Å². The van der Waals surface area contributed by atoms with Gasteiger partial charge < -0.3 is 21.1 Å². The van der Waals surface area contributed by atoms with E-state index in [0.717, 1.165) is 5.69 Å². The van der Waals surface area contributed by atoms with Gasteiger partial charge in [-0.1, -0.05) is 18.2 Å². The van der Waals surface area contributed by atoms with Crippen LogP contribution in [0.3, 0.4) is 0 Å². The van der Waals surface area contributed by atoms with Crippen molar-refractivity contribution in [1.82, 2.24) is 10.2 Å². The fourth-order valence-electron chi connectivity index (χ4n) is 2.20. The molecule has 0 bridgehead atoms. The molecule has 2 aromatic carbocycles. The Bertz CT molecular complexity index is 828. The van der Waals surface area contributed by atoms with E-state index in [9.17, 15) is 4.79 Å². The smallest absolute Gasteiger partial charge is 0.263 e. The topological polar surface area (TPSA) is 105 Å². The lowest BCUT2D eigenvalue weighted by atomic mass is 10.2. The molecule has 0 aliphatic carbocycles. The van der Waals surface area contributed by atoms with Crippen LogP contribution >= 0.6 is 0 Å². The molecule has 0 fully saturated rings. The molecule has 3 rings (SSSR count). The molecule has 0 aliphatic rings. The first-order valence-corrected chi connectivity index (χ1v) is 7.28. The number of ether oxygens (including phenoxy) is 1. The van der Waals surface area contributed by atoms with Crippen molar-refractivity contribution in [3.05, 3.63) is 60.2 Å². The van der Waals surface area contributed by atoms with Gasteiger partial charge in [-0.25, -0.2) is 0 Å². The molecule has 1 heterocycles. The fraction of sp³-hybridized carbons (Fsp3) is 0.0588. The van der Waals surface area contributed by atoms with Gasteiger partial charge in [-0.3, -0.25) is 9.89 Å². The van der Waals surface area contributed by atoms with E-state index in [1.165, 1.54) is 0 Å². The van der Waals surface area contributed by atoms with E-state index < -0.39 is 0 Å². The number of methoxy groups -OCH3 is 1.